The van der Waals surface area contributed by atoms with Gasteiger partial charge in [0.1, 0.15) is 5.60 Å². The lowest BCUT2D eigenvalue weighted by atomic mass is 10.00. The van der Waals surface area contributed by atoms with E-state index < -0.39 is 11.7 Å². The molecule has 0 spiro atoms. The molecule has 0 saturated carbocycles. The molecular weight excluding hydrogens is 474 g/mol. The second-order valence-electron chi connectivity index (χ2n) is 9.96. The van der Waals surface area contributed by atoms with E-state index in [2.05, 4.69) is 28.8 Å². The molecular formula is C29H28ClN3O3. The van der Waals surface area contributed by atoms with Gasteiger partial charge < -0.3 is 15.4 Å². The van der Waals surface area contributed by atoms with E-state index in [1.807, 2.05) is 57.2 Å². The van der Waals surface area contributed by atoms with Crippen LogP contribution < -0.4 is 10.6 Å². The molecule has 0 fully saturated rings. The first-order valence-electron chi connectivity index (χ1n) is 11.9. The number of carbonyl (C=O) groups is 2. The van der Waals surface area contributed by atoms with Gasteiger partial charge in [-0.3, -0.25) is 4.79 Å². The molecule has 0 unspecified atom stereocenters. The third-order valence-corrected chi connectivity index (χ3v) is 6.48. The molecule has 1 aromatic heterocycles. The smallest absolute Gasteiger partial charge is 0.419 e. The number of nitrogens with zero attached hydrogens (tertiary/aromatic N) is 1. The van der Waals surface area contributed by atoms with Crippen molar-refractivity contribution < 1.29 is 14.3 Å². The van der Waals surface area contributed by atoms with Crippen LogP contribution in [0.3, 0.4) is 0 Å². The predicted octanol–water partition coefficient (Wildman–Crippen LogP) is 6.28. The Morgan fingerprint density at radius 3 is 2.53 bits per heavy atom. The third-order valence-electron chi connectivity index (χ3n) is 6.13. The van der Waals surface area contributed by atoms with Gasteiger partial charge in [0.25, 0.3) is 5.91 Å². The first kappa shape index (κ1) is 24.1. The fourth-order valence-electron chi connectivity index (χ4n) is 4.55. The van der Waals surface area contributed by atoms with Crippen LogP contribution in [0.2, 0.25) is 5.02 Å². The summed E-state index contributed by atoms with van der Waals surface area (Å²) in [4.78, 5) is 26.1. The molecule has 1 aliphatic heterocycles. The van der Waals surface area contributed by atoms with Crippen LogP contribution in [0.1, 0.15) is 47.8 Å². The Kier molecular flexibility index (Phi) is 6.33. The van der Waals surface area contributed by atoms with Crippen molar-refractivity contribution in [2.24, 2.45) is 0 Å². The van der Waals surface area contributed by atoms with Crippen LogP contribution in [0.5, 0.6) is 0 Å². The zero-order valence-electron chi connectivity index (χ0n) is 20.5. The summed E-state index contributed by atoms with van der Waals surface area (Å²) in [5.74, 6) is -0.200. The molecule has 4 aromatic rings. The van der Waals surface area contributed by atoms with Crippen LogP contribution in [0.15, 0.2) is 66.7 Å². The van der Waals surface area contributed by atoms with Gasteiger partial charge in [-0.15, -0.1) is 0 Å². The van der Waals surface area contributed by atoms with E-state index in [-0.39, 0.29) is 5.91 Å². The number of rotatable bonds is 5. The first-order valence-corrected chi connectivity index (χ1v) is 12.3. The molecule has 1 aliphatic rings. The van der Waals surface area contributed by atoms with Crippen molar-refractivity contribution in [3.05, 3.63) is 94.0 Å². The van der Waals surface area contributed by atoms with Gasteiger partial charge in [-0.1, -0.05) is 54.1 Å². The zero-order chi connectivity index (χ0) is 25.4. The SMILES string of the molecule is CC(C)(C)OC(=O)n1c(-c2ccc(Cl)c3c2C(=O)NC3)cc2cc(CNCc3ccccc3)ccc21. The van der Waals surface area contributed by atoms with E-state index in [0.29, 0.717) is 40.4 Å². The molecule has 2 N–H and O–H groups in total. The third kappa shape index (κ3) is 4.74. The number of hydrogen-bond acceptors (Lipinski definition) is 4. The summed E-state index contributed by atoms with van der Waals surface area (Å²) >= 11 is 6.38. The van der Waals surface area contributed by atoms with Gasteiger partial charge in [0.15, 0.2) is 0 Å². The maximum Gasteiger partial charge on any atom is 0.419 e. The highest BCUT2D eigenvalue weighted by atomic mass is 35.5. The number of hydrogen-bond donors (Lipinski definition) is 2. The first-order chi connectivity index (χ1) is 17.2. The standard InChI is InChI=1S/C29H28ClN3O3/c1-29(2,3)36-28(35)33-24-12-9-19(16-31-15-18-7-5-4-6-8-18)13-20(24)14-25(33)21-10-11-23(30)22-17-32-27(34)26(21)22/h4-14,31H,15-17H2,1-3H3,(H,32,34). The fraction of sp³-hybridized carbons (Fsp3) is 0.241. The molecule has 7 heteroatoms. The lowest BCUT2D eigenvalue weighted by Crippen LogP contribution is -2.27. The van der Waals surface area contributed by atoms with Crippen molar-refractivity contribution in [3.63, 3.8) is 0 Å². The summed E-state index contributed by atoms with van der Waals surface area (Å²) in [6, 6.07) is 21.7. The molecule has 2 heterocycles. The summed E-state index contributed by atoms with van der Waals surface area (Å²) in [7, 11) is 0. The maximum atomic E-state index is 13.4. The molecule has 5 rings (SSSR count). The number of ether oxygens (including phenoxy) is 1. The average Bonchev–Trinajstić information content (AvgIpc) is 3.40. The van der Waals surface area contributed by atoms with Gasteiger partial charge in [-0.25, -0.2) is 9.36 Å². The Hall–Kier alpha value is -3.61. The van der Waals surface area contributed by atoms with Crippen molar-refractivity contribution in [1.82, 2.24) is 15.2 Å². The van der Waals surface area contributed by atoms with Crippen LogP contribution in [0, 0.1) is 0 Å². The molecule has 1 amide bonds. The van der Waals surface area contributed by atoms with Crippen LogP contribution in [-0.4, -0.2) is 22.2 Å². The Morgan fingerprint density at radius 1 is 1.03 bits per heavy atom. The largest absolute Gasteiger partial charge is 0.443 e. The summed E-state index contributed by atoms with van der Waals surface area (Å²) in [6.45, 7) is 7.30. The van der Waals surface area contributed by atoms with E-state index in [0.717, 1.165) is 23.1 Å². The minimum atomic E-state index is -0.675. The number of fused-ring (bicyclic) bond motifs is 2. The minimum absolute atomic E-state index is 0.200. The average molecular weight is 502 g/mol. The number of benzene rings is 3. The second kappa shape index (κ2) is 9.45. The molecule has 0 aliphatic carbocycles. The van der Waals surface area contributed by atoms with Crippen LogP contribution in [0.4, 0.5) is 4.79 Å². The van der Waals surface area contributed by atoms with E-state index in [1.54, 1.807) is 16.7 Å². The summed E-state index contributed by atoms with van der Waals surface area (Å²) < 4.78 is 7.30. The maximum absolute atomic E-state index is 13.4. The molecule has 0 bridgehead atoms. The number of carbonyl (C=O) groups excluding carboxylic acids is 2. The lowest BCUT2D eigenvalue weighted by molar-refractivity contribution is 0.0547. The normalized spacial score (nSPS) is 13.1. The Labute approximate surface area is 215 Å². The van der Waals surface area contributed by atoms with Crippen LogP contribution in [-0.2, 0) is 24.4 Å². The highest BCUT2D eigenvalue weighted by molar-refractivity contribution is 6.32. The fourth-order valence-corrected chi connectivity index (χ4v) is 4.77. The second-order valence-corrected chi connectivity index (χ2v) is 10.4. The number of nitrogens with one attached hydrogen (secondary N) is 2. The number of halogens is 1. The van der Waals surface area contributed by atoms with Crippen molar-refractivity contribution in [2.45, 2.75) is 46.0 Å². The van der Waals surface area contributed by atoms with Gasteiger partial charge in [-0.2, -0.15) is 0 Å². The van der Waals surface area contributed by atoms with Gasteiger partial charge >= 0.3 is 6.09 Å². The molecule has 3 aromatic carbocycles. The topological polar surface area (TPSA) is 72.4 Å². The lowest BCUT2D eigenvalue weighted by Gasteiger charge is -2.21. The minimum Gasteiger partial charge on any atom is -0.443 e. The summed E-state index contributed by atoms with van der Waals surface area (Å²) in [5, 5.41) is 7.73. The van der Waals surface area contributed by atoms with E-state index >= 15 is 0 Å². The highest BCUT2D eigenvalue weighted by Gasteiger charge is 2.29. The van der Waals surface area contributed by atoms with Crippen molar-refractivity contribution in [1.29, 1.82) is 0 Å². The quantitative estimate of drug-likeness (QED) is 0.337. The monoisotopic (exact) mass is 501 g/mol. The molecule has 0 radical (unpaired) electrons. The Balaban J connectivity index is 1.56. The Bertz CT molecular complexity index is 1470. The predicted molar refractivity (Wildman–Crippen MR) is 142 cm³/mol. The zero-order valence-corrected chi connectivity index (χ0v) is 21.3. The molecule has 184 valence electrons. The molecule has 36 heavy (non-hydrogen) atoms. The van der Waals surface area contributed by atoms with Gasteiger partial charge in [0.05, 0.1) is 16.8 Å². The summed E-state index contributed by atoms with van der Waals surface area (Å²) in [6.07, 6.45) is -0.496. The Morgan fingerprint density at radius 2 is 1.78 bits per heavy atom. The van der Waals surface area contributed by atoms with E-state index in [1.165, 1.54) is 5.56 Å². The number of amides is 1. The van der Waals surface area contributed by atoms with Gasteiger partial charge in [-0.05, 0) is 56.2 Å². The van der Waals surface area contributed by atoms with Crippen molar-refractivity contribution >= 4 is 34.5 Å². The van der Waals surface area contributed by atoms with Crippen LogP contribution in [0.25, 0.3) is 22.2 Å². The van der Waals surface area contributed by atoms with Gasteiger partial charge in [0, 0.05) is 41.2 Å². The van der Waals surface area contributed by atoms with E-state index in [9.17, 15) is 9.59 Å². The van der Waals surface area contributed by atoms with Crippen LogP contribution >= 0.6 is 11.6 Å². The summed E-state index contributed by atoms with van der Waals surface area (Å²) in [5.41, 5.74) is 4.83. The van der Waals surface area contributed by atoms with Crippen molar-refractivity contribution in [2.75, 3.05) is 0 Å². The van der Waals surface area contributed by atoms with Gasteiger partial charge in [0.2, 0.25) is 0 Å². The molecule has 0 atom stereocenters. The molecule has 6 nitrogen and oxygen atoms in total. The number of aromatic nitrogens is 1. The molecule has 0 saturated heterocycles. The van der Waals surface area contributed by atoms with E-state index in [4.69, 9.17) is 16.3 Å². The highest BCUT2D eigenvalue weighted by Crippen LogP contribution is 2.37. The van der Waals surface area contributed by atoms with Crippen molar-refractivity contribution in [3.8, 4) is 11.3 Å².